The van der Waals surface area contributed by atoms with Gasteiger partial charge in [-0.1, -0.05) is 18.7 Å². The molecule has 6 nitrogen and oxygen atoms in total. The van der Waals surface area contributed by atoms with Crippen molar-refractivity contribution in [2.24, 2.45) is 5.92 Å². The van der Waals surface area contributed by atoms with Gasteiger partial charge in [-0.15, -0.1) is 0 Å². The number of amides is 1. The molecule has 0 unspecified atom stereocenters. The molecule has 1 aromatic heterocycles. The molecule has 0 saturated heterocycles. The van der Waals surface area contributed by atoms with Crippen molar-refractivity contribution in [1.29, 1.82) is 0 Å². The number of nitrogens with one attached hydrogen (secondary N) is 1. The predicted molar refractivity (Wildman–Crippen MR) is 81.1 cm³/mol. The second-order valence-electron chi connectivity index (χ2n) is 5.31. The molecule has 1 aliphatic rings. The smallest absolute Gasteiger partial charge is 0.230 e. The Morgan fingerprint density at radius 2 is 1.90 bits per heavy atom. The van der Waals surface area contributed by atoms with Gasteiger partial charge in [-0.25, -0.2) is 9.97 Å². The number of nitrogen functional groups attached to an aromatic ring is 2. The van der Waals surface area contributed by atoms with Gasteiger partial charge in [-0.2, -0.15) is 0 Å². The van der Waals surface area contributed by atoms with E-state index in [4.69, 9.17) is 11.5 Å². The Balaban J connectivity index is 1.77. The van der Waals surface area contributed by atoms with Crippen LogP contribution < -0.4 is 16.8 Å². The van der Waals surface area contributed by atoms with E-state index in [1.165, 1.54) is 30.7 Å². The van der Waals surface area contributed by atoms with Crippen LogP contribution in [0.5, 0.6) is 0 Å². The molecule has 0 atom stereocenters. The van der Waals surface area contributed by atoms with Crippen molar-refractivity contribution in [2.45, 2.75) is 43.8 Å². The highest BCUT2D eigenvalue weighted by atomic mass is 32.2. The lowest BCUT2D eigenvalue weighted by Crippen LogP contribution is -2.38. The van der Waals surface area contributed by atoms with Crippen molar-refractivity contribution in [2.75, 3.05) is 17.2 Å². The molecule has 1 aromatic rings. The molecule has 20 heavy (non-hydrogen) atoms. The standard InChI is InChI=1S/C13H21N5OS/c1-8-2-4-9(5-3-8)16-12(19)7-20-13-17-10(14)6-11(15)18-13/h6,8-9H,2-5,7H2,1H3,(H,16,19)(H4,14,15,17,18). The molecule has 1 heterocycles. The van der Waals surface area contributed by atoms with Crippen LogP contribution in [0.4, 0.5) is 11.6 Å². The molecule has 1 saturated carbocycles. The lowest BCUT2D eigenvalue weighted by molar-refractivity contribution is -0.119. The Morgan fingerprint density at radius 1 is 1.30 bits per heavy atom. The fourth-order valence-corrected chi connectivity index (χ4v) is 3.01. The highest BCUT2D eigenvalue weighted by Crippen LogP contribution is 2.23. The highest BCUT2D eigenvalue weighted by Gasteiger charge is 2.19. The minimum Gasteiger partial charge on any atom is -0.383 e. The van der Waals surface area contributed by atoms with Gasteiger partial charge in [-0.05, 0) is 31.6 Å². The summed E-state index contributed by atoms with van der Waals surface area (Å²) in [5.41, 5.74) is 11.2. The third-order valence-corrected chi connectivity index (χ3v) is 4.31. The zero-order valence-corrected chi connectivity index (χ0v) is 12.4. The van der Waals surface area contributed by atoms with E-state index in [1.807, 2.05) is 0 Å². The van der Waals surface area contributed by atoms with Gasteiger partial charge in [0.05, 0.1) is 5.75 Å². The van der Waals surface area contributed by atoms with Crippen LogP contribution in [0, 0.1) is 5.92 Å². The molecule has 110 valence electrons. The lowest BCUT2D eigenvalue weighted by Gasteiger charge is -2.26. The zero-order chi connectivity index (χ0) is 14.5. The topological polar surface area (TPSA) is 107 Å². The molecule has 1 aliphatic carbocycles. The maximum atomic E-state index is 11.9. The normalized spacial score (nSPS) is 22.4. The number of anilines is 2. The van der Waals surface area contributed by atoms with Gasteiger partial charge in [0.15, 0.2) is 5.16 Å². The van der Waals surface area contributed by atoms with Crippen LogP contribution >= 0.6 is 11.8 Å². The van der Waals surface area contributed by atoms with Gasteiger partial charge in [0.25, 0.3) is 0 Å². The van der Waals surface area contributed by atoms with Crippen molar-refractivity contribution < 1.29 is 4.79 Å². The van der Waals surface area contributed by atoms with Crippen LogP contribution in [0.1, 0.15) is 32.6 Å². The summed E-state index contributed by atoms with van der Waals surface area (Å²) in [5.74, 6) is 1.72. The van der Waals surface area contributed by atoms with Crippen LogP contribution in [0.2, 0.25) is 0 Å². The van der Waals surface area contributed by atoms with Crippen LogP contribution in [-0.2, 0) is 4.79 Å². The molecule has 2 rings (SSSR count). The third kappa shape index (κ3) is 4.56. The number of carbonyl (C=O) groups is 1. The molecular formula is C13H21N5OS. The average molecular weight is 295 g/mol. The third-order valence-electron chi connectivity index (χ3n) is 3.46. The lowest BCUT2D eigenvalue weighted by atomic mass is 9.87. The number of carbonyl (C=O) groups excluding carboxylic acids is 1. The minimum absolute atomic E-state index is 0.0131. The van der Waals surface area contributed by atoms with E-state index >= 15 is 0 Å². The second kappa shape index (κ2) is 6.78. The van der Waals surface area contributed by atoms with Crippen LogP contribution in [0.3, 0.4) is 0 Å². The molecule has 0 radical (unpaired) electrons. The Kier molecular flexibility index (Phi) is 5.05. The van der Waals surface area contributed by atoms with E-state index in [1.54, 1.807) is 0 Å². The van der Waals surface area contributed by atoms with E-state index in [0.717, 1.165) is 18.8 Å². The largest absolute Gasteiger partial charge is 0.383 e. The van der Waals surface area contributed by atoms with E-state index in [2.05, 4.69) is 22.2 Å². The van der Waals surface area contributed by atoms with Crippen molar-refractivity contribution in [3.63, 3.8) is 0 Å². The van der Waals surface area contributed by atoms with E-state index in [9.17, 15) is 4.79 Å². The number of nitrogens with zero attached hydrogens (tertiary/aromatic N) is 2. The van der Waals surface area contributed by atoms with Gasteiger partial charge in [0.1, 0.15) is 11.6 Å². The summed E-state index contributed by atoms with van der Waals surface area (Å²) in [5, 5.41) is 3.50. The highest BCUT2D eigenvalue weighted by molar-refractivity contribution is 7.99. The van der Waals surface area contributed by atoms with Gasteiger partial charge in [0.2, 0.25) is 5.91 Å². The Morgan fingerprint density at radius 3 is 2.50 bits per heavy atom. The molecule has 0 aliphatic heterocycles. The molecule has 5 N–H and O–H groups in total. The number of thioether (sulfide) groups is 1. The molecule has 1 amide bonds. The van der Waals surface area contributed by atoms with Crippen molar-refractivity contribution in [1.82, 2.24) is 15.3 Å². The van der Waals surface area contributed by atoms with E-state index in [-0.39, 0.29) is 11.7 Å². The van der Waals surface area contributed by atoms with Crippen LogP contribution in [-0.4, -0.2) is 27.7 Å². The van der Waals surface area contributed by atoms with Gasteiger partial charge >= 0.3 is 0 Å². The number of hydrogen-bond acceptors (Lipinski definition) is 6. The minimum atomic E-state index is 0.0131. The van der Waals surface area contributed by atoms with Gasteiger partial charge in [0, 0.05) is 12.1 Å². The Labute approximate surface area is 123 Å². The number of nitrogens with two attached hydrogens (primary N) is 2. The van der Waals surface area contributed by atoms with Crippen LogP contribution in [0.15, 0.2) is 11.2 Å². The fourth-order valence-electron chi connectivity index (χ4n) is 2.33. The molecule has 0 spiro atoms. The number of rotatable bonds is 4. The monoisotopic (exact) mass is 295 g/mol. The summed E-state index contributed by atoms with van der Waals surface area (Å²) in [7, 11) is 0. The summed E-state index contributed by atoms with van der Waals surface area (Å²) in [6, 6.07) is 1.80. The molecule has 7 heteroatoms. The maximum Gasteiger partial charge on any atom is 0.230 e. The predicted octanol–water partition coefficient (Wildman–Crippen LogP) is 1.43. The fraction of sp³-hybridized carbons (Fsp3) is 0.615. The molecule has 0 aromatic carbocycles. The quantitative estimate of drug-likeness (QED) is 0.573. The van der Waals surface area contributed by atoms with Crippen molar-refractivity contribution in [3.8, 4) is 0 Å². The van der Waals surface area contributed by atoms with E-state index in [0.29, 0.717) is 22.8 Å². The zero-order valence-electron chi connectivity index (χ0n) is 11.6. The summed E-state index contributed by atoms with van der Waals surface area (Å²) < 4.78 is 0. The number of aromatic nitrogens is 2. The second-order valence-corrected chi connectivity index (χ2v) is 6.26. The Bertz CT molecular complexity index is 454. The van der Waals surface area contributed by atoms with Crippen LogP contribution in [0.25, 0.3) is 0 Å². The molecular weight excluding hydrogens is 274 g/mol. The first-order valence-electron chi connectivity index (χ1n) is 6.85. The van der Waals surface area contributed by atoms with Gasteiger partial charge < -0.3 is 16.8 Å². The summed E-state index contributed by atoms with van der Waals surface area (Å²) in [4.78, 5) is 20.0. The molecule has 1 fully saturated rings. The Hall–Kier alpha value is -1.50. The summed E-state index contributed by atoms with van der Waals surface area (Å²) >= 11 is 1.25. The first-order chi connectivity index (χ1) is 9.52. The molecule has 0 bridgehead atoms. The summed E-state index contributed by atoms with van der Waals surface area (Å²) in [6.45, 7) is 2.26. The summed E-state index contributed by atoms with van der Waals surface area (Å²) in [6.07, 6.45) is 4.51. The van der Waals surface area contributed by atoms with E-state index < -0.39 is 0 Å². The van der Waals surface area contributed by atoms with Crippen molar-refractivity contribution in [3.05, 3.63) is 6.07 Å². The number of hydrogen-bond donors (Lipinski definition) is 3. The first kappa shape index (κ1) is 14.9. The van der Waals surface area contributed by atoms with Gasteiger partial charge in [-0.3, -0.25) is 4.79 Å². The SMILES string of the molecule is CC1CCC(NC(=O)CSc2nc(N)cc(N)n2)CC1. The first-order valence-corrected chi connectivity index (χ1v) is 7.83. The average Bonchev–Trinajstić information content (AvgIpc) is 2.38. The van der Waals surface area contributed by atoms with Crippen molar-refractivity contribution >= 4 is 29.3 Å². The maximum absolute atomic E-state index is 11.9.